The van der Waals surface area contributed by atoms with Gasteiger partial charge in [0.05, 0.1) is 5.69 Å². The highest BCUT2D eigenvalue weighted by atomic mass is 79.9. The molecule has 0 radical (unpaired) electrons. The molecule has 0 spiro atoms. The number of nitrogens with zero attached hydrogens (tertiary/aromatic N) is 1. The van der Waals surface area contributed by atoms with Crippen LogP contribution in [0.3, 0.4) is 0 Å². The van der Waals surface area contributed by atoms with Gasteiger partial charge in [-0.2, -0.15) is 0 Å². The van der Waals surface area contributed by atoms with Gasteiger partial charge in [-0.05, 0) is 42.0 Å². The standard InChI is InChI=1S/C14H10BrN/c15-12-5-3-4-11(10-12)14-8-7-13-6-1-2-9-16(13)14/h1-10H. The first-order valence-electron chi connectivity index (χ1n) is 5.17. The molecule has 0 atom stereocenters. The summed E-state index contributed by atoms with van der Waals surface area (Å²) in [6.45, 7) is 0. The van der Waals surface area contributed by atoms with Crippen LogP contribution in [0.1, 0.15) is 0 Å². The maximum atomic E-state index is 3.50. The number of rotatable bonds is 1. The van der Waals surface area contributed by atoms with Gasteiger partial charge < -0.3 is 4.40 Å². The minimum absolute atomic E-state index is 1.11. The highest BCUT2D eigenvalue weighted by Crippen LogP contribution is 2.24. The zero-order chi connectivity index (χ0) is 11.0. The van der Waals surface area contributed by atoms with Gasteiger partial charge in [0.1, 0.15) is 0 Å². The summed E-state index contributed by atoms with van der Waals surface area (Å²) in [7, 11) is 0. The van der Waals surface area contributed by atoms with E-state index in [1.807, 2.05) is 6.07 Å². The summed E-state index contributed by atoms with van der Waals surface area (Å²) in [5.74, 6) is 0. The summed E-state index contributed by atoms with van der Waals surface area (Å²) >= 11 is 3.50. The van der Waals surface area contributed by atoms with Crippen LogP contribution in [0.2, 0.25) is 0 Å². The SMILES string of the molecule is Brc1cccc(-c2ccc3ccccn23)c1. The van der Waals surface area contributed by atoms with E-state index in [2.05, 4.69) is 75.1 Å². The Hall–Kier alpha value is -1.54. The van der Waals surface area contributed by atoms with Crippen LogP contribution < -0.4 is 0 Å². The van der Waals surface area contributed by atoms with Crippen molar-refractivity contribution in [3.63, 3.8) is 0 Å². The van der Waals surface area contributed by atoms with Crippen LogP contribution in [-0.2, 0) is 0 Å². The highest BCUT2D eigenvalue weighted by Gasteiger charge is 2.03. The average molecular weight is 272 g/mol. The Morgan fingerprint density at radius 3 is 2.69 bits per heavy atom. The smallest absolute Gasteiger partial charge is 0.0529 e. The van der Waals surface area contributed by atoms with E-state index in [-0.39, 0.29) is 0 Å². The van der Waals surface area contributed by atoms with Crippen molar-refractivity contribution in [3.05, 3.63) is 65.3 Å². The molecule has 3 rings (SSSR count). The monoisotopic (exact) mass is 271 g/mol. The Morgan fingerprint density at radius 1 is 0.875 bits per heavy atom. The maximum absolute atomic E-state index is 3.50. The topological polar surface area (TPSA) is 4.41 Å². The minimum atomic E-state index is 1.11. The van der Waals surface area contributed by atoms with Crippen molar-refractivity contribution in [3.8, 4) is 11.3 Å². The molecule has 16 heavy (non-hydrogen) atoms. The molecule has 0 fully saturated rings. The summed E-state index contributed by atoms with van der Waals surface area (Å²) in [5.41, 5.74) is 3.66. The molecule has 0 aliphatic heterocycles. The van der Waals surface area contributed by atoms with Gasteiger partial charge in [0.2, 0.25) is 0 Å². The lowest BCUT2D eigenvalue weighted by Crippen LogP contribution is -1.86. The third-order valence-electron chi connectivity index (χ3n) is 2.68. The number of hydrogen-bond acceptors (Lipinski definition) is 0. The molecule has 0 N–H and O–H groups in total. The number of aromatic nitrogens is 1. The van der Waals surface area contributed by atoms with Gasteiger partial charge in [-0.3, -0.25) is 0 Å². The summed E-state index contributed by atoms with van der Waals surface area (Å²) in [6.07, 6.45) is 2.09. The molecule has 0 amide bonds. The Labute approximate surface area is 102 Å². The largest absolute Gasteiger partial charge is 0.317 e. The fourth-order valence-electron chi connectivity index (χ4n) is 1.94. The third-order valence-corrected chi connectivity index (χ3v) is 3.18. The minimum Gasteiger partial charge on any atom is -0.317 e. The molecule has 1 aromatic carbocycles. The van der Waals surface area contributed by atoms with Crippen molar-refractivity contribution in [2.45, 2.75) is 0 Å². The first-order chi connectivity index (χ1) is 7.84. The average Bonchev–Trinajstić information content (AvgIpc) is 2.72. The number of benzene rings is 1. The first-order valence-corrected chi connectivity index (χ1v) is 5.96. The van der Waals surface area contributed by atoms with E-state index < -0.39 is 0 Å². The molecule has 0 aliphatic rings. The van der Waals surface area contributed by atoms with E-state index in [0.717, 1.165) is 4.47 Å². The fourth-order valence-corrected chi connectivity index (χ4v) is 2.34. The van der Waals surface area contributed by atoms with Crippen LogP contribution in [0, 0.1) is 0 Å². The van der Waals surface area contributed by atoms with Gasteiger partial charge in [0.15, 0.2) is 0 Å². The van der Waals surface area contributed by atoms with E-state index in [4.69, 9.17) is 0 Å². The molecule has 0 unspecified atom stereocenters. The second-order valence-electron chi connectivity index (χ2n) is 3.72. The molecule has 0 bridgehead atoms. The molecule has 1 nitrogen and oxygen atoms in total. The normalized spacial score (nSPS) is 10.8. The Morgan fingerprint density at radius 2 is 1.81 bits per heavy atom. The number of pyridine rings is 1. The van der Waals surface area contributed by atoms with Gasteiger partial charge in [-0.25, -0.2) is 0 Å². The van der Waals surface area contributed by atoms with Crippen LogP contribution in [0.5, 0.6) is 0 Å². The Bertz CT molecular complexity index is 640. The van der Waals surface area contributed by atoms with Crippen molar-refractivity contribution in [2.24, 2.45) is 0 Å². The number of hydrogen-bond donors (Lipinski definition) is 0. The number of fused-ring (bicyclic) bond motifs is 1. The van der Waals surface area contributed by atoms with Crippen molar-refractivity contribution < 1.29 is 0 Å². The van der Waals surface area contributed by atoms with Crippen LogP contribution in [0.4, 0.5) is 0 Å². The zero-order valence-corrected chi connectivity index (χ0v) is 10.2. The Balaban J connectivity index is 2.26. The number of halogens is 1. The summed E-state index contributed by atoms with van der Waals surface area (Å²) in [5, 5.41) is 0. The van der Waals surface area contributed by atoms with E-state index >= 15 is 0 Å². The van der Waals surface area contributed by atoms with E-state index in [1.165, 1.54) is 16.8 Å². The molecule has 3 aromatic rings. The van der Waals surface area contributed by atoms with E-state index in [1.54, 1.807) is 0 Å². The van der Waals surface area contributed by atoms with E-state index in [9.17, 15) is 0 Å². The molecule has 2 aromatic heterocycles. The second kappa shape index (κ2) is 3.80. The van der Waals surface area contributed by atoms with Crippen molar-refractivity contribution in [1.29, 1.82) is 0 Å². The van der Waals surface area contributed by atoms with Gasteiger partial charge in [-0.1, -0.05) is 34.1 Å². The molecule has 78 valence electrons. The molecule has 2 heteroatoms. The first kappa shape index (κ1) is 9.67. The van der Waals surface area contributed by atoms with Crippen LogP contribution in [-0.4, -0.2) is 4.40 Å². The zero-order valence-electron chi connectivity index (χ0n) is 8.60. The van der Waals surface area contributed by atoms with Gasteiger partial charge in [0.25, 0.3) is 0 Å². The van der Waals surface area contributed by atoms with Crippen molar-refractivity contribution in [2.75, 3.05) is 0 Å². The van der Waals surface area contributed by atoms with Gasteiger partial charge in [-0.15, -0.1) is 0 Å². The quantitative estimate of drug-likeness (QED) is 0.619. The molecule has 0 saturated carbocycles. The molecule has 0 saturated heterocycles. The van der Waals surface area contributed by atoms with Crippen LogP contribution in [0.25, 0.3) is 16.8 Å². The highest BCUT2D eigenvalue weighted by molar-refractivity contribution is 9.10. The summed E-state index contributed by atoms with van der Waals surface area (Å²) in [6, 6.07) is 18.9. The van der Waals surface area contributed by atoms with Crippen LogP contribution >= 0.6 is 15.9 Å². The predicted molar refractivity (Wildman–Crippen MR) is 70.5 cm³/mol. The Kier molecular flexibility index (Phi) is 2.29. The lowest BCUT2D eigenvalue weighted by atomic mass is 10.1. The lowest BCUT2D eigenvalue weighted by Gasteiger charge is -2.03. The van der Waals surface area contributed by atoms with Gasteiger partial charge in [0, 0.05) is 16.2 Å². The van der Waals surface area contributed by atoms with Crippen LogP contribution in [0.15, 0.2) is 65.3 Å². The summed E-state index contributed by atoms with van der Waals surface area (Å²) < 4.78 is 3.30. The molecular formula is C14H10BrN. The lowest BCUT2D eigenvalue weighted by molar-refractivity contribution is 1.20. The van der Waals surface area contributed by atoms with E-state index in [0.29, 0.717) is 0 Å². The van der Waals surface area contributed by atoms with Crippen molar-refractivity contribution in [1.82, 2.24) is 4.40 Å². The predicted octanol–water partition coefficient (Wildman–Crippen LogP) is 4.37. The molecule has 2 heterocycles. The molecular weight excluding hydrogens is 262 g/mol. The van der Waals surface area contributed by atoms with Gasteiger partial charge >= 0.3 is 0 Å². The van der Waals surface area contributed by atoms with Crippen molar-refractivity contribution >= 4 is 21.4 Å². The summed E-state index contributed by atoms with van der Waals surface area (Å²) in [4.78, 5) is 0. The molecule has 0 aliphatic carbocycles. The second-order valence-corrected chi connectivity index (χ2v) is 4.64. The maximum Gasteiger partial charge on any atom is 0.0529 e. The third kappa shape index (κ3) is 1.55. The fraction of sp³-hybridized carbons (Fsp3) is 0.